The molecule has 0 aliphatic carbocycles. The van der Waals surface area contributed by atoms with Crippen LogP contribution in [0.25, 0.3) is 0 Å². The SMILES string of the molecule is CCOCCCn1cc(C)nc1Nc1cn(C)nc1C. The predicted octanol–water partition coefficient (Wildman–Crippen LogP) is 2.40. The molecule has 0 saturated carbocycles. The zero-order valence-corrected chi connectivity index (χ0v) is 12.7. The van der Waals surface area contributed by atoms with Crippen molar-refractivity contribution in [3.05, 3.63) is 23.8 Å². The van der Waals surface area contributed by atoms with Crippen molar-refractivity contribution in [2.24, 2.45) is 7.05 Å². The maximum Gasteiger partial charge on any atom is 0.207 e. The van der Waals surface area contributed by atoms with Crippen molar-refractivity contribution in [3.63, 3.8) is 0 Å². The summed E-state index contributed by atoms with van der Waals surface area (Å²) in [5, 5.41) is 7.68. The number of aryl methyl sites for hydroxylation is 4. The van der Waals surface area contributed by atoms with E-state index in [2.05, 4.69) is 26.2 Å². The van der Waals surface area contributed by atoms with Crippen molar-refractivity contribution in [2.45, 2.75) is 33.7 Å². The van der Waals surface area contributed by atoms with E-state index in [1.165, 1.54) is 0 Å². The van der Waals surface area contributed by atoms with Crippen molar-refractivity contribution in [1.29, 1.82) is 0 Å². The van der Waals surface area contributed by atoms with Gasteiger partial charge in [-0.05, 0) is 27.2 Å². The topological polar surface area (TPSA) is 56.9 Å². The minimum absolute atomic E-state index is 0.767. The summed E-state index contributed by atoms with van der Waals surface area (Å²) in [6, 6.07) is 0. The van der Waals surface area contributed by atoms with Gasteiger partial charge in [0, 0.05) is 39.2 Å². The third-order valence-corrected chi connectivity index (χ3v) is 3.05. The quantitative estimate of drug-likeness (QED) is 0.790. The van der Waals surface area contributed by atoms with E-state index in [4.69, 9.17) is 4.74 Å². The van der Waals surface area contributed by atoms with Gasteiger partial charge in [-0.1, -0.05) is 0 Å². The maximum atomic E-state index is 5.38. The molecule has 2 heterocycles. The van der Waals surface area contributed by atoms with E-state index in [9.17, 15) is 0 Å². The number of rotatable bonds is 7. The molecule has 0 aliphatic heterocycles. The molecule has 0 unspecified atom stereocenters. The second-order valence-corrected chi connectivity index (χ2v) is 4.88. The molecule has 1 N–H and O–H groups in total. The number of nitrogens with one attached hydrogen (secondary N) is 1. The largest absolute Gasteiger partial charge is 0.382 e. The van der Waals surface area contributed by atoms with Crippen molar-refractivity contribution in [2.75, 3.05) is 18.5 Å². The van der Waals surface area contributed by atoms with E-state index >= 15 is 0 Å². The Balaban J connectivity index is 2.05. The predicted molar refractivity (Wildman–Crippen MR) is 79.3 cm³/mol. The molecule has 2 rings (SSSR count). The zero-order chi connectivity index (χ0) is 14.5. The molecule has 6 heteroatoms. The normalized spacial score (nSPS) is 11.0. The summed E-state index contributed by atoms with van der Waals surface area (Å²) in [6.07, 6.45) is 4.99. The molecule has 0 radical (unpaired) electrons. The highest BCUT2D eigenvalue weighted by Crippen LogP contribution is 2.19. The Morgan fingerprint density at radius 3 is 2.75 bits per heavy atom. The second-order valence-electron chi connectivity index (χ2n) is 4.88. The van der Waals surface area contributed by atoms with Gasteiger partial charge in [0.2, 0.25) is 5.95 Å². The van der Waals surface area contributed by atoms with E-state index in [1.54, 1.807) is 4.68 Å². The van der Waals surface area contributed by atoms with Crippen LogP contribution < -0.4 is 5.32 Å². The first kappa shape index (κ1) is 14.6. The standard InChI is InChI=1S/C14H23N5O/c1-5-20-8-6-7-19-9-11(2)15-14(19)16-13-10-18(4)17-12(13)3/h9-10H,5-8H2,1-4H3,(H,15,16). The summed E-state index contributed by atoms with van der Waals surface area (Å²) < 4.78 is 9.30. The lowest BCUT2D eigenvalue weighted by Gasteiger charge is -2.09. The highest BCUT2D eigenvalue weighted by atomic mass is 16.5. The van der Waals surface area contributed by atoms with Gasteiger partial charge < -0.3 is 14.6 Å². The van der Waals surface area contributed by atoms with E-state index in [-0.39, 0.29) is 0 Å². The van der Waals surface area contributed by atoms with Crippen LogP contribution in [0.4, 0.5) is 11.6 Å². The van der Waals surface area contributed by atoms with Gasteiger partial charge in [-0.15, -0.1) is 0 Å². The van der Waals surface area contributed by atoms with Crippen LogP contribution in [0.3, 0.4) is 0 Å². The molecule has 0 spiro atoms. The molecule has 0 amide bonds. The Morgan fingerprint density at radius 2 is 2.10 bits per heavy atom. The van der Waals surface area contributed by atoms with Crippen LogP contribution in [0.2, 0.25) is 0 Å². The lowest BCUT2D eigenvalue weighted by molar-refractivity contribution is 0.142. The zero-order valence-electron chi connectivity index (χ0n) is 12.7. The molecule has 0 atom stereocenters. The molecule has 0 aliphatic rings. The fourth-order valence-electron chi connectivity index (χ4n) is 2.14. The second kappa shape index (κ2) is 6.56. The molecule has 2 aromatic rings. The van der Waals surface area contributed by atoms with Gasteiger partial charge >= 0.3 is 0 Å². The Morgan fingerprint density at radius 1 is 1.30 bits per heavy atom. The third-order valence-electron chi connectivity index (χ3n) is 3.05. The fourth-order valence-corrected chi connectivity index (χ4v) is 2.14. The molecule has 2 aromatic heterocycles. The van der Waals surface area contributed by atoms with Crippen LogP contribution in [0.15, 0.2) is 12.4 Å². The van der Waals surface area contributed by atoms with Crippen molar-refractivity contribution < 1.29 is 4.74 Å². The van der Waals surface area contributed by atoms with Gasteiger partial charge in [0.25, 0.3) is 0 Å². The minimum Gasteiger partial charge on any atom is -0.382 e. The van der Waals surface area contributed by atoms with Crippen LogP contribution >= 0.6 is 0 Å². The Kier molecular flexibility index (Phi) is 4.79. The molecule has 0 fully saturated rings. The fraction of sp³-hybridized carbons (Fsp3) is 0.571. The summed E-state index contributed by atoms with van der Waals surface area (Å²) >= 11 is 0. The number of imidazole rings is 1. The first-order chi connectivity index (χ1) is 9.60. The number of anilines is 2. The molecular weight excluding hydrogens is 254 g/mol. The molecule has 20 heavy (non-hydrogen) atoms. The summed E-state index contributed by atoms with van der Waals surface area (Å²) in [4.78, 5) is 4.53. The molecule has 110 valence electrons. The summed E-state index contributed by atoms with van der Waals surface area (Å²) in [5.41, 5.74) is 2.96. The van der Waals surface area contributed by atoms with Crippen molar-refractivity contribution in [1.82, 2.24) is 19.3 Å². The van der Waals surface area contributed by atoms with Gasteiger partial charge in [0.15, 0.2) is 0 Å². The van der Waals surface area contributed by atoms with Gasteiger partial charge in [0.05, 0.1) is 17.1 Å². The van der Waals surface area contributed by atoms with E-state index < -0.39 is 0 Å². The number of hydrogen-bond acceptors (Lipinski definition) is 4. The molecule has 0 aromatic carbocycles. The number of nitrogens with zero attached hydrogens (tertiary/aromatic N) is 4. The molecule has 0 saturated heterocycles. The highest BCUT2D eigenvalue weighted by Gasteiger charge is 2.09. The molecular formula is C14H23N5O. The average Bonchev–Trinajstić information content (AvgIpc) is 2.89. The van der Waals surface area contributed by atoms with Crippen LogP contribution in [-0.4, -0.2) is 32.5 Å². The lowest BCUT2D eigenvalue weighted by atomic mass is 10.4. The first-order valence-corrected chi connectivity index (χ1v) is 6.99. The van der Waals surface area contributed by atoms with Crippen LogP contribution in [0.1, 0.15) is 24.7 Å². The van der Waals surface area contributed by atoms with Gasteiger partial charge in [-0.3, -0.25) is 4.68 Å². The number of hydrogen-bond donors (Lipinski definition) is 1. The monoisotopic (exact) mass is 277 g/mol. The van der Waals surface area contributed by atoms with E-state index in [0.29, 0.717) is 0 Å². The minimum atomic E-state index is 0.767. The smallest absolute Gasteiger partial charge is 0.207 e. The molecule has 0 bridgehead atoms. The van der Waals surface area contributed by atoms with Crippen LogP contribution in [-0.2, 0) is 18.3 Å². The van der Waals surface area contributed by atoms with Gasteiger partial charge in [0.1, 0.15) is 0 Å². The van der Waals surface area contributed by atoms with Crippen molar-refractivity contribution >= 4 is 11.6 Å². The average molecular weight is 277 g/mol. The van der Waals surface area contributed by atoms with E-state index in [1.807, 2.05) is 34.0 Å². The Bertz CT molecular complexity index is 558. The van der Waals surface area contributed by atoms with Gasteiger partial charge in [-0.25, -0.2) is 4.98 Å². The van der Waals surface area contributed by atoms with Crippen molar-refractivity contribution in [3.8, 4) is 0 Å². The van der Waals surface area contributed by atoms with Crippen LogP contribution in [0, 0.1) is 13.8 Å². The third kappa shape index (κ3) is 3.60. The number of aromatic nitrogens is 4. The lowest BCUT2D eigenvalue weighted by Crippen LogP contribution is -2.06. The Hall–Kier alpha value is -1.82. The first-order valence-electron chi connectivity index (χ1n) is 6.99. The van der Waals surface area contributed by atoms with E-state index in [0.717, 1.165) is 49.2 Å². The summed E-state index contributed by atoms with van der Waals surface area (Å²) in [6.45, 7) is 8.43. The Labute approximate surface area is 119 Å². The molecule has 6 nitrogen and oxygen atoms in total. The highest BCUT2D eigenvalue weighted by molar-refractivity contribution is 5.55. The van der Waals surface area contributed by atoms with Crippen LogP contribution in [0.5, 0.6) is 0 Å². The summed E-state index contributed by atoms with van der Waals surface area (Å²) in [7, 11) is 1.91. The summed E-state index contributed by atoms with van der Waals surface area (Å²) in [5.74, 6) is 0.857. The number of ether oxygens (including phenoxy) is 1. The maximum absolute atomic E-state index is 5.38. The van der Waals surface area contributed by atoms with Gasteiger partial charge in [-0.2, -0.15) is 5.10 Å².